The van der Waals surface area contributed by atoms with Crippen LogP contribution >= 0.6 is 0 Å². The van der Waals surface area contributed by atoms with E-state index in [-0.39, 0.29) is 5.91 Å². The Morgan fingerprint density at radius 2 is 1.30 bits per heavy atom. The molecular weight excluding hydrogens is 282 g/mol. The molecule has 3 rings (SSSR count). The topological polar surface area (TPSA) is 20.3 Å². The number of carbonyl (C=O) groups excluding carboxylic acids is 1. The van der Waals surface area contributed by atoms with Gasteiger partial charge in [-0.05, 0) is 49.2 Å². The quantitative estimate of drug-likeness (QED) is 0.726. The highest BCUT2D eigenvalue weighted by molar-refractivity contribution is 5.94. The second-order valence-electron chi connectivity index (χ2n) is 5.90. The summed E-state index contributed by atoms with van der Waals surface area (Å²) in [6, 6.07) is 17.6. The Morgan fingerprint density at radius 3 is 1.91 bits per heavy atom. The fourth-order valence-corrected chi connectivity index (χ4v) is 2.82. The molecule has 2 nitrogen and oxygen atoms in total. The molecule has 1 heterocycles. The van der Waals surface area contributed by atoms with Crippen molar-refractivity contribution in [3.05, 3.63) is 71.3 Å². The number of rotatable bonds is 1. The molecule has 0 unspecified atom stereocenters. The van der Waals surface area contributed by atoms with Crippen molar-refractivity contribution in [3.63, 3.8) is 0 Å². The summed E-state index contributed by atoms with van der Waals surface area (Å²) in [6.07, 6.45) is 4.70. The summed E-state index contributed by atoms with van der Waals surface area (Å²) < 4.78 is 0. The number of likely N-dealkylation sites (tertiary alicyclic amines) is 1. The van der Waals surface area contributed by atoms with Gasteiger partial charge in [0, 0.05) is 29.8 Å². The highest BCUT2D eigenvalue weighted by Crippen LogP contribution is 2.14. The molecule has 2 aromatic carbocycles. The summed E-state index contributed by atoms with van der Waals surface area (Å²) in [7, 11) is 0. The van der Waals surface area contributed by atoms with Crippen LogP contribution in [-0.2, 0) is 0 Å². The van der Waals surface area contributed by atoms with Crippen molar-refractivity contribution < 1.29 is 4.79 Å². The Kier molecular flexibility index (Phi) is 5.11. The van der Waals surface area contributed by atoms with E-state index in [9.17, 15) is 4.79 Å². The lowest BCUT2D eigenvalue weighted by Gasteiger charge is -2.20. The van der Waals surface area contributed by atoms with Crippen molar-refractivity contribution in [2.24, 2.45) is 0 Å². The van der Waals surface area contributed by atoms with Gasteiger partial charge >= 0.3 is 0 Å². The maximum absolute atomic E-state index is 12.5. The van der Waals surface area contributed by atoms with Gasteiger partial charge in [-0.15, -0.1) is 0 Å². The first-order chi connectivity index (χ1) is 11.3. The van der Waals surface area contributed by atoms with E-state index in [4.69, 9.17) is 0 Å². The first-order valence-corrected chi connectivity index (χ1v) is 8.29. The van der Waals surface area contributed by atoms with Crippen LogP contribution in [0, 0.1) is 11.8 Å². The Hall–Kier alpha value is -2.53. The van der Waals surface area contributed by atoms with Crippen LogP contribution in [0.1, 0.15) is 47.2 Å². The molecule has 0 aromatic heterocycles. The van der Waals surface area contributed by atoms with E-state index in [2.05, 4.69) is 11.8 Å². The zero-order valence-corrected chi connectivity index (χ0v) is 13.3. The summed E-state index contributed by atoms with van der Waals surface area (Å²) >= 11 is 0. The number of hydrogen-bond acceptors (Lipinski definition) is 1. The SMILES string of the molecule is O=C(c1ccc(C#Cc2ccccc2)cc1)N1CCCCCC1. The fourth-order valence-electron chi connectivity index (χ4n) is 2.82. The van der Waals surface area contributed by atoms with Gasteiger partial charge in [-0.1, -0.05) is 42.9 Å². The monoisotopic (exact) mass is 303 g/mol. The molecule has 2 heteroatoms. The average Bonchev–Trinajstić information content (AvgIpc) is 2.90. The van der Waals surface area contributed by atoms with E-state index in [1.807, 2.05) is 59.5 Å². The molecule has 0 atom stereocenters. The van der Waals surface area contributed by atoms with Crippen LogP contribution in [0.5, 0.6) is 0 Å². The predicted octanol–water partition coefficient (Wildman–Crippen LogP) is 4.10. The largest absolute Gasteiger partial charge is 0.339 e. The maximum Gasteiger partial charge on any atom is 0.253 e. The zero-order chi connectivity index (χ0) is 15.9. The summed E-state index contributed by atoms with van der Waals surface area (Å²) in [5, 5.41) is 0. The number of nitrogens with zero attached hydrogens (tertiary/aromatic N) is 1. The predicted molar refractivity (Wildman–Crippen MR) is 93.2 cm³/mol. The molecule has 1 fully saturated rings. The third kappa shape index (κ3) is 4.23. The molecular formula is C21H21NO. The van der Waals surface area contributed by atoms with E-state index in [1.165, 1.54) is 12.8 Å². The molecule has 0 radical (unpaired) electrons. The molecule has 1 aliphatic heterocycles. The minimum absolute atomic E-state index is 0.148. The summed E-state index contributed by atoms with van der Waals surface area (Å²) in [4.78, 5) is 14.5. The lowest BCUT2D eigenvalue weighted by Crippen LogP contribution is -2.31. The first-order valence-electron chi connectivity index (χ1n) is 8.29. The summed E-state index contributed by atoms with van der Waals surface area (Å²) in [5.41, 5.74) is 2.69. The highest BCUT2D eigenvalue weighted by Gasteiger charge is 2.16. The summed E-state index contributed by atoms with van der Waals surface area (Å²) in [5.74, 6) is 6.43. The Bertz CT molecular complexity index is 699. The van der Waals surface area contributed by atoms with Crippen molar-refractivity contribution >= 4 is 5.91 Å². The van der Waals surface area contributed by atoms with Gasteiger partial charge in [-0.25, -0.2) is 0 Å². The van der Waals surface area contributed by atoms with E-state index >= 15 is 0 Å². The third-order valence-electron chi connectivity index (χ3n) is 4.15. The molecule has 0 bridgehead atoms. The smallest absolute Gasteiger partial charge is 0.253 e. The van der Waals surface area contributed by atoms with Crippen molar-refractivity contribution in [2.45, 2.75) is 25.7 Å². The number of carbonyl (C=O) groups is 1. The minimum atomic E-state index is 0.148. The van der Waals surface area contributed by atoms with Gasteiger partial charge in [0.25, 0.3) is 5.91 Å². The summed E-state index contributed by atoms with van der Waals surface area (Å²) in [6.45, 7) is 1.77. The maximum atomic E-state index is 12.5. The van der Waals surface area contributed by atoms with Crippen LogP contribution in [0.4, 0.5) is 0 Å². The van der Waals surface area contributed by atoms with Crippen molar-refractivity contribution in [1.29, 1.82) is 0 Å². The Labute approximate surface area is 138 Å². The minimum Gasteiger partial charge on any atom is -0.339 e. The van der Waals surface area contributed by atoms with E-state index in [0.29, 0.717) is 0 Å². The molecule has 0 saturated carbocycles. The molecule has 1 saturated heterocycles. The van der Waals surface area contributed by atoms with Crippen molar-refractivity contribution in [2.75, 3.05) is 13.1 Å². The van der Waals surface area contributed by atoms with E-state index < -0.39 is 0 Å². The second-order valence-corrected chi connectivity index (χ2v) is 5.90. The molecule has 0 N–H and O–H groups in total. The second kappa shape index (κ2) is 7.65. The van der Waals surface area contributed by atoms with Crippen LogP contribution in [0.2, 0.25) is 0 Å². The van der Waals surface area contributed by atoms with Gasteiger partial charge < -0.3 is 4.90 Å². The van der Waals surface area contributed by atoms with Crippen LogP contribution in [0.15, 0.2) is 54.6 Å². The van der Waals surface area contributed by atoms with Crippen LogP contribution < -0.4 is 0 Å². The number of benzene rings is 2. The normalized spacial score (nSPS) is 14.5. The van der Waals surface area contributed by atoms with Gasteiger partial charge in [0.1, 0.15) is 0 Å². The molecule has 2 aromatic rings. The average molecular weight is 303 g/mol. The van der Waals surface area contributed by atoms with Gasteiger partial charge in [0.15, 0.2) is 0 Å². The Morgan fingerprint density at radius 1 is 0.739 bits per heavy atom. The zero-order valence-electron chi connectivity index (χ0n) is 13.3. The van der Waals surface area contributed by atoms with Gasteiger partial charge in [-0.3, -0.25) is 4.79 Å². The molecule has 1 amide bonds. The van der Waals surface area contributed by atoms with Crippen LogP contribution in [-0.4, -0.2) is 23.9 Å². The standard InChI is InChI=1S/C21H21NO/c23-21(22-16-6-1-2-7-17-22)20-14-12-19(13-15-20)11-10-18-8-4-3-5-9-18/h3-5,8-9,12-15H,1-2,6-7,16-17H2. The van der Waals surface area contributed by atoms with Gasteiger partial charge in [0.2, 0.25) is 0 Å². The number of hydrogen-bond donors (Lipinski definition) is 0. The highest BCUT2D eigenvalue weighted by atomic mass is 16.2. The van der Waals surface area contributed by atoms with Crippen LogP contribution in [0.25, 0.3) is 0 Å². The van der Waals surface area contributed by atoms with Crippen molar-refractivity contribution in [1.82, 2.24) is 4.90 Å². The van der Waals surface area contributed by atoms with E-state index in [1.54, 1.807) is 0 Å². The molecule has 0 spiro atoms. The Balaban J connectivity index is 1.69. The molecule has 0 aliphatic carbocycles. The van der Waals surface area contributed by atoms with E-state index in [0.717, 1.165) is 42.6 Å². The molecule has 1 aliphatic rings. The lowest BCUT2D eigenvalue weighted by atomic mass is 10.1. The van der Waals surface area contributed by atoms with Crippen LogP contribution in [0.3, 0.4) is 0 Å². The van der Waals surface area contributed by atoms with Gasteiger partial charge in [0.05, 0.1) is 0 Å². The lowest BCUT2D eigenvalue weighted by molar-refractivity contribution is 0.0761. The fraction of sp³-hybridized carbons (Fsp3) is 0.286. The van der Waals surface area contributed by atoms with Gasteiger partial charge in [-0.2, -0.15) is 0 Å². The van der Waals surface area contributed by atoms with Crippen molar-refractivity contribution in [3.8, 4) is 11.8 Å². The first kappa shape index (κ1) is 15.4. The number of amides is 1. The third-order valence-corrected chi connectivity index (χ3v) is 4.15. The molecule has 116 valence electrons. The molecule has 23 heavy (non-hydrogen) atoms.